The Bertz CT molecular complexity index is 360. The van der Waals surface area contributed by atoms with Crippen LogP contribution in [0.25, 0.3) is 0 Å². The standard InChI is InChI=1S/C13H24N4O/c1-3-18-12-7-10(8-12)6-11(16-14)9-13-15-4-5-17(13)2/h4-5,10-12,16H,3,6-9,14H2,1-2H3. The molecule has 3 N–H and O–H groups in total. The number of imidazole rings is 1. The first-order valence-electron chi connectivity index (χ1n) is 6.76. The van der Waals surface area contributed by atoms with Crippen molar-refractivity contribution in [2.75, 3.05) is 6.61 Å². The zero-order chi connectivity index (χ0) is 13.0. The minimum absolute atomic E-state index is 0.304. The third-order valence-electron chi connectivity index (χ3n) is 3.80. The van der Waals surface area contributed by atoms with E-state index in [1.807, 2.05) is 24.0 Å². The molecule has 1 aromatic rings. The molecule has 5 nitrogen and oxygen atoms in total. The van der Waals surface area contributed by atoms with Crippen LogP contribution in [0.5, 0.6) is 0 Å². The van der Waals surface area contributed by atoms with Gasteiger partial charge in [-0.25, -0.2) is 4.98 Å². The van der Waals surface area contributed by atoms with Crippen molar-refractivity contribution in [2.45, 2.75) is 44.8 Å². The van der Waals surface area contributed by atoms with Crippen molar-refractivity contribution in [2.24, 2.45) is 18.8 Å². The van der Waals surface area contributed by atoms with Crippen molar-refractivity contribution in [1.82, 2.24) is 15.0 Å². The molecule has 1 fully saturated rings. The first kappa shape index (κ1) is 13.5. The highest BCUT2D eigenvalue weighted by Crippen LogP contribution is 2.33. The monoisotopic (exact) mass is 252 g/mol. The van der Waals surface area contributed by atoms with Crippen LogP contribution in [0.1, 0.15) is 32.0 Å². The molecule has 1 aromatic heterocycles. The van der Waals surface area contributed by atoms with Gasteiger partial charge < -0.3 is 9.30 Å². The zero-order valence-corrected chi connectivity index (χ0v) is 11.3. The van der Waals surface area contributed by atoms with Gasteiger partial charge in [0.1, 0.15) is 5.82 Å². The summed E-state index contributed by atoms with van der Waals surface area (Å²) >= 11 is 0. The van der Waals surface area contributed by atoms with E-state index in [2.05, 4.69) is 17.3 Å². The number of hydrogen-bond donors (Lipinski definition) is 2. The average molecular weight is 252 g/mol. The molecular formula is C13H24N4O. The molecular weight excluding hydrogens is 228 g/mol. The third-order valence-corrected chi connectivity index (χ3v) is 3.80. The normalized spacial score (nSPS) is 24.8. The van der Waals surface area contributed by atoms with E-state index in [1.54, 1.807) is 0 Å². The summed E-state index contributed by atoms with van der Waals surface area (Å²) in [4.78, 5) is 4.34. The highest BCUT2D eigenvalue weighted by Gasteiger charge is 2.31. The number of aromatic nitrogens is 2. The Morgan fingerprint density at radius 3 is 2.94 bits per heavy atom. The predicted octanol–water partition coefficient (Wildman–Crippen LogP) is 1.000. The molecule has 0 saturated heterocycles. The van der Waals surface area contributed by atoms with Crippen molar-refractivity contribution in [3.8, 4) is 0 Å². The Morgan fingerprint density at radius 1 is 1.61 bits per heavy atom. The van der Waals surface area contributed by atoms with Gasteiger partial charge in [-0.2, -0.15) is 0 Å². The quantitative estimate of drug-likeness (QED) is 0.561. The maximum absolute atomic E-state index is 5.64. The summed E-state index contributed by atoms with van der Waals surface area (Å²) in [5.74, 6) is 7.46. The lowest BCUT2D eigenvalue weighted by molar-refractivity contribution is -0.0290. The molecule has 2 rings (SSSR count). The Kier molecular flexibility index (Phi) is 4.74. The molecule has 1 aliphatic rings. The molecule has 0 spiro atoms. The molecule has 1 saturated carbocycles. The van der Waals surface area contributed by atoms with Crippen LogP contribution in [-0.4, -0.2) is 28.3 Å². The number of hydrogen-bond acceptors (Lipinski definition) is 4. The van der Waals surface area contributed by atoms with Crippen molar-refractivity contribution < 1.29 is 4.74 Å². The first-order valence-corrected chi connectivity index (χ1v) is 6.76. The van der Waals surface area contributed by atoms with Gasteiger partial charge in [0.2, 0.25) is 0 Å². The first-order chi connectivity index (χ1) is 8.72. The van der Waals surface area contributed by atoms with Crippen LogP contribution in [0, 0.1) is 5.92 Å². The fourth-order valence-electron chi connectivity index (χ4n) is 2.66. The van der Waals surface area contributed by atoms with E-state index in [1.165, 1.54) is 12.8 Å². The lowest BCUT2D eigenvalue weighted by Gasteiger charge is -2.36. The van der Waals surface area contributed by atoms with Crippen LogP contribution in [0.15, 0.2) is 12.4 Å². The number of nitrogens with zero attached hydrogens (tertiary/aromatic N) is 2. The van der Waals surface area contributed by atoms with E-state index >= 15 is 0 Å². The highest BCUT2D eigenvalue weighted by molar-refractivity contribution is 4.95. The summed E-state index contributed by atoms with van der Waals surface area (Å²) in [7, 11) is 2.02. The van der Waals surface area contributed by atoms with Crippen LogP contribution in [0.2, 0.25) is 0 Å². The maximum atomic E-state index is 5.64. The van der Waals surface area contributed by atoms with E-state index in [9.17, 15) is 0 Å². The molecule has 1 atom stereocenters. The highest BCUT2D eigenvalue weighted by atomic mass is 16.5. The molecule has 102 valence electrons. The van der Waals surface area contributed by atoms with E-state index < -0.39 is 0 Å². The Hall–Kier alpha value is -0.910. The number of ether oxygens (including phenoxy) is 1. The zero-order valence-electron chi connectivity index (χ0n) is 11.3. The van der Waals surface area contributed by atoms with Gasteiger partial charge in [0.05, 0.1) is 6.10 Å². The molecule has 0 aromatic carbocycles. The molecule has 18 heavy (non-hydrogen) atoms. The van der Waals surface area contributed by atoms with Gasteiger partial charge in [-0.3, -0.25) is 11.3 Å². The summed E-state index contributed by atoms with van der Waals surface area (Å²) in [5.41, 5.74) is 2.92. The largest absolute Gasteiger partial charge is 0.378 e. The van der Waals surface area contributed by atoms with E-state index in [0.717, 1.165) is 31.2 Å². The van der Waals surface area contributed by atoms with Crippen molar-refractivity contribution >= 4 is 0 Å². The number of aryl methyl sites for hydroxylation is 1. The molecule has 0 aliphatic heterocycles. The van der Waals surface area contributed by atoms with Crippen molar-refractivity contribution in [3.63, 3.8) is 0 Å². The predicted molar refractivity (Wildman–Crippen MR) is 70.8 cm³/mol. The van der Waals surface area contributed by atoms with Gasteiger partial charge in [-0.1, -0.05) is 0 Å². The number of hydrazine groups is 1. The minimum atomic E-state index is 0.304. The van der Waals surface area contributed by atoms with Crippen molar-refractivity contribution in [3.05, 3.63) is 18.2 Å². The Morgan fingerprint density at radius 2 is 2.39 bits per heavy atom. The van der Waals surface area contributed by atoms with Crippen LogP contribution >= 0.6 is 0 Å². The minimum Gasteiger partial charge on any atom is -0.378 e. The van der Waals surface area contributed by atoms with Gasteiger partial charge in [0.15, 0.2) is 0 Å². The van der Waals surface area contributed by atoms with E-state index in [4.69, 9.17) is 10.6 Å². The Balaban J connectivity index is 1.75. The van der Waals surface area contributed by atoms with E-state index in [-0.39, 0.29) is 0 Å². The van der Waals surface area contributed by atoms with Crippen LogP contribution < -0.4 is 11.3 Å². The molecule has 5 heteroatoms. The van der Waals surface area contributed by atoms with Gasteiger partial charge in [-0.15, -0.1) is 0 Å². The molecule has 0 bridgehead atoms. The van der Waals surface area contributed by atoms with Crippen LogP contribution in [0.4, 0.5) is 0 Å². The SMILES string of the molecule is CCOC1CC(CC(Cc2nccn2C)NN)C1. The lowest BCUT2D eigenvalue weighted by Crippen LogP contribution is -2.42. The molecule has 0 amide bonds. The number of nitrogens with one attached hydrogen (secondary N) is 1. The van der Waals surface area contributed by atoms with Gasteiger partial charge in [0.25, 0.3) is 0 Å². The fraction of sp³-hybridized carbons (Fsp3) is 0.769. The molecule has 1 unspecified atom stereocenters. The summed E-state index contributed by atoms with van der Waals surface area (Å²) < 4.78 is 7.63. The van der Waals surface area contributed by atoms with Crippen LogP contribution in [-0.2, 0) is 18.2 Å². The number of rotatable bonds is 7. The topological polar surface area (TPSA) is 65.1 Å². The Labute approximate surface area is 109 Å². The second-order valence-electron chi connectivity index (χ2n) is 5.17. The summed E-state index contributed by atoms with van der Waals surface area (Å²) in [5, 5.41) is 0. The second kappa shape index (κ2) is 6.31. The van der Waals surface area contributed by atoms with Gasteiger partial charge in [0, 0.05) is 38.5 Å². The van der Waals surface area contributed by atoms with Crippen molar-refractivity contribution in [1.29, 1.82) is 0 Å². The second-order valence-corrected chi connectivity index (χ2v) is 5.17. The third kappa shape index (κ3) is 3.31. The maximum Gasteiger partial charge on any atom is 0.109 e. The molecule has 0 radical (unpaired) electrons. The molecule has 1 aliphatic carbocycles. The molecule has 1 heterocycles. The smallest absolute Gasteiger partial charge is 0.109 e. The van der Waals surface area contributed by atoms with Crippen LogP contribution in [0.3, 0.4) is 0 Å². The summed E-state index contributed by atoms with van der Waals surface area (Å²) in [6, 6.07) is 0.304. The fourth-order valence-corrected chi connectivity index (χ4v) is 2.66. The summed E-state index contributed by atoms with van der Waals surface area (Å²) in [6.45, 7) is 2.88. The van der Waals surface area contributed by atoms with E-state index in [0.29, 0.717) is 12.1 Å². The van der Waals surface area contributed by atoms with Gasteiger partial charge in [-0.05, 0) is 32.1 Å². The lowest BCUT2D eigenvalue weighted by atomic mass is 9.78. The summed E-state index contributed by atoms with van der Waals surface area (Å²) in [6.07, 6.45) is 8.61. The van der Waals surface area contributed by atoms with Gasteiger partial charge >= 0.3 is 0 Å². The number of nitrogens with two attached hydrogens (primary N) is 1. The average Bonchev–Trinajstić information content (AvgIpc) is 2.71.